The summed E-state index contributed by atoms with van der Waals surface area (Å²) in [5, 5.41) is 2.64. The molecule has 2 rings (SSSR count). The van der Waals surface area contributed by atoms with Gasteiger partial charge in [0.05, 0.1) is 5.70 Å². The summed E-state index contributed by atoms with van der Waals surface area (Å²) in [5.74, 6) is -0.615. The van der Waals surface area contributed by atoms with Crippen LogP contribution in [0.1, 0.15) is 31.7 Å². The molecule has 1 fully saturated rings. The fourth-order valence-corrected chi connectivity index (χ4v) is 2.19. The average molecular weight is 285 g/mol. The molecule has 0 radical (unpaired) electrons. The van der Waals surface area contributed by atoms with Crippen LogP contribution in [0, 0.1) is 0 Å². The Morgan fingerprint density at radius 1 is 1.43 bits per heavy atom. The third kappa shape index (κ3) is 3.40. The first kappa shape index (κ1) is 15.0. The molecule has 0 aliphatic carbocycles. The Morgan fingerprint density at radius 3 is 2.86 bits per heavy atom. The molecule has 1 aliphatic heterocycles. The van der Waals surface area contributed by atoms with Crippen molar-refractivity contribution in [2.45, 2.75) is 26.2 Å². The highest BCUT2D eigenvalue weighted by atomic mass is 16.5. The lowest BCUT2D eigenvalue weighted by Gasteiger charge is -2.10. The number of Topliss-reactive ketones (excluding diaryl/α,β-unsaturated/α-hetero) is 1. The van der Waals surface area contributed by atoms with Crippen LogP contribution in [0.2, 0.25) is 0 Å². The molecule has 4 heteroatoms. The lowest BCUT2D eigenvalue weighted by molar-refractivity contribution is -0.124. The second kappa shape index (κ2) is 6.39. The Labute approximate surface area is 124 Å². The summed E-state index contributed by atoms with van der Waals surface area (Å²) < 4.78 is 5.56. The van der Waals surface area contributed by atoms with Gasteiger partial charge in [0.1, 0.15) is 18.3 Å². The Morgan fingerprint density at radius 2 is 2.19 bits per heavy atom. The molecule has 0 spiro atoms. The van der Waals surface area contributed by atoms with E-state index >= 15 is 0 Å². The zero-order valence-electron chi connectivity index (χ0n) is 12.3. The monoisotopic (exact) mass is 285 g/mol. The Balaban J connectivity index is 2.24. The van der Waals surface area contributed by atoms with E-state index in [9.17, 15) is 9.59 Å². The number of rotatable bonds is 5. The summed E-state index contributed by atoms with van der Waals surface area (Å²) >= 11 is 0. The molecule has 110 valence electrons. The van der Waals surface area contributed by atoms with Crippen molar-refractivity contribution in [1.29, 1.82) is 0 Å². The molecular weight excluding hydrogens is 266 g/mol. The minimum Gasteiger partial charge on any atom is -0.489 e. The molecule has 1 saturated heterocycles. The Kier molecular flexibility index (Phi) is 4.58. The topological polar surface area (TPSA) is 55.4 Å². The van der Waals surface area contributed by atoms with Gasteiger partial charge in [-0.3, -0.25) is 9.59 Å². The molecule has 1 atom stereocenters. The van der Waals surface area contributed by atoms with Gasteiger partial charge in [0.15, 0.2) is 5.78 Å². The van der Waals surface area contributed by atoms with Crippen LogP contribution in [0.25, 0.3) is 0 Å². The smallest absolute Gasteiger partial charge is 0.239 e. The molecule has 1 aliphatic rings. The van der Waals surface area contributed by atoms with Crippen molar-refractivity contribution in [3.63, 3.8) is 0 Å². The van der Waals surface area contributed by atoms with Crippen molar-refractivity contribution >= 4 is 11.7 Å². The second-order valence-electron chi connectivity index (χ2n) is 5.13. The predicted molar refractivity (Wildman–Crippen MR) is 81.0 cm³/mol. The van der Waals surface area contributed by atoms with Crippen molar-refractivity contribution in [2.75, 3.05) is 6.61 Å². The Hall–Kier alpha value is -2.36. The molecule has 0 aromatic heterocycles. The average Bonchev–Trinajstić information content (AvgIpc) is 2.72. The molecular formula is C17H19NO3. The van der Waals surface area contributed by atoms with E-state index in [1.165, 1.54) is 0 Å². The van der Waals surface area contributed by atoms with Crippen molar-refractivity contribution in [1.82, 2.24) is 5.32 Å². The highest BCUT2D eigenvalue weighted by Crippen LogP contribution is 2.28. The van der Waals surface area contributed by atoms with Gasteiger partial charge in [-0.25, -0.2) is 0 Å². The molecule has 1 heterocycles. The van der Waals surface area contributed by atoms with E-state index in [0.717, 1.165) is 5.57 Å². The summed E-state index contributed by atoms with van der Waals surface area (Å²) in [4.78, 5) is 24.3. The van der Waals surface area contributed by atoms with Gasteiger partial charge in [0.25, 0.3) is 0 Å². The van der Waals surface area contributed by atoms with Gasteiger partial charge in [-0.2, -0.15) is 0 Å². The normalized spacial score (nSPS) is 19.7. The molecule has 4 nitrogen and oxygen atoms in total. The van der Waals surface area contributed by atoms with Gasteiger partial charge in [-0.05, 0) is 36.6 Å². The number of hydrogen-bond donors (Lipinski definition) is 1. The summed E-state index contributed by atoms with van der Waals surface area (Å²) in [7, 11) is 0. The van der Waals surface area contributed by atoms with Crippen LogP contribution in [0.3, 0.4) is 0 Å². The fraction of sp³-hybridized carbons (Fsp3) is 0.294. The maximum Gasteiger partial charge on any atom is 0.239 e. The van der Waals surface area contributed by atoms with Gasteiger partial charge < -0.3 is 10.1 Å². The lowest BCUT2D eigenvalue weighted by atomic mass is 9.95. The largest absolute Gasteiger partial charge is 0.489 e. The van der Waals surface area contributed by atoms with Gasteiger partial charge >= 0.3 is 0 Å². The number of nitrogens with one attached hydrogen (secondary N) is 1. The number of carbonyl (C=O) groups is 2. The third-order valence-corrected chi connectivity index (χ3v) is 3.13. The first-order chi connectivity index (χ1) is 10.0. The van der Waals surface area contributed by atoms with Crippen molar-refractivity contribution in [3.8, 4) is 5.75 Å². The number of ketones is 1. The van der Waals surface area contributed by atoms with E-state index in [1.807, 2.05) is 13.8 Å². The maximum atomic E-state index is 12.3. The minimum absolute atomic E-state index is 0.182. The van der Waals surface area contributed by atoms with Crippen LogP contribution in [0.5, 0.6) is 5.75 Å². The number of allylic oxidation sites excluding steroid dienone is 2. The minimum atomic E-state index is -0.781. The highest BCUT2D eigenvalue weighted by Gasteiger charge is 2.38. The third-order valence-electron chi connectivity index (χ3n) is 3.13. The van der Waals surface area contributed by atoms with Crippen molar-refractivity contribution in [2.24, 2.45) is 0 Å². The van der Waals surface area contributed by atoms with Crippen LogP contribution in [0.4, 0.5) is 0 Å². The Bertz CT molecular complexity index is 616. The summed E-state index contributed by atoms with van der Waals surface area (Å²) in [6.07, 6.45) is 2.44. The van der Waals surface area contributed by atoms with Crippen LogP contribution in [-0.2, 0) is 9.59 Å². The first-order valence-electron chi connectivity index (χ1n) is 6.95. The molecule has 1 unspecified atom stereocenters. The first-order valence-corrected chi connectivity index (χ1v) is 6.95. The number of hydrogen-bond acceptors (Lipinski definition) is 3. The predicted octanol–water partition coefficient (Wildman–Crippen LogP) is 2.72. The van der Waals surface area contributed by atoms with Crippen molar-refractivity contribution in [3.05, 3.63) is 53.8 Å². The molecule has 1 N–H and O–H groups in total. The summed E-state index contributed by atoms with van der Waals surface area (Å²) in [6, 6.07) is 7.09. The zero-order chi connectivity index (χ0) is 15.4. The van der Waals surface area contributed by atoms with Gasteiger partial charge in [0.2, 0.25) is 5.91 Å². The van der Waals surface area contributed by atoms with Gasteiger partial charge in [0, 0.05) is 0 Å². The number of ether oxygens (including phenoxy) is 1. The van der Waals surface area contributed by atoms with E-state index in [0.29, 0.717) is 30.0 Å². The van der Waals surface area contributed by atoms with Crippen LogP contribution >= 0.6 is 0 Å². The molecule has 21 heavy (non-hydrogen) atoms. The zero-order valence-corrected chi connectivity index (χ0v) is 12.3. The quantitative estimate of drug-likeness (QED) is 0.514. The second-order valence-corrected chi connectivity index (χ2v) is 5.13. The van der Waals surface area contributed by atoms with E-state index in [2.05, 4.69) is 11.9 Å². The van der Waals surface area contributed by atoms with Gasteiger partial charge in [-0.1, -0.05) is 31.7 Å². The molecule has 0 saturated carbocycles. The van der Waals surface area contributed by atoms with Crippen LogP contribution in [-0.4, -0.2) is 18.3 Å². The van der Waals surface area contributed by atoms with Crippen LogP contribution in [0.15, 0.2) is 48.2 Å². The van der Waals surface area contributed by atoms with E-state index < -0.39 is 5.92 Å². The van der Waals surface area contributed by atoms with E-state index in [-0.39, 0.29) is 11.7 Å². The molecule has 1 amide bonds. The molecule has 1 aromatic carbocycles. The SMILES string of the molecule is C=C(C)COc1cccc(C2C(=O)N/C(=C/CC)C2=O)c1. The highest BCUT2D eigenvalue weighted by molar-refractivity contribution is 6.21. The molecule has 1 aromatic rings. The number of benzene rings is 1. The lowest BCUT2D eigenvalue weighted by Crippen LogP contribution is -2.18. The fourth-order valence-electron chi connectivity index (χ4n) is 2.19. The number of amides is 1. The van der Waals surface area contributed by atoms with Crippen LogP contribution < -0.4 is 10.1 Å². The standard InChI is InChI=1S/C17H19NO3/c1-4-6-14-16(19)15(17(20)18-14)12-7-5-8-13(9-12)21-10-11(2)3/h5-9,15H,2,4,10H2,1,3H3,(H,18,20)/b14-6+. The van der Waals surface area contributed by atoms with E-state index in [4.69, 9.17) is 4.74 Å². The van der Waals surface area contributed by atoms with E-state index in [1.54, 1.807) is 30.3 Å². The summed E-state index contributed by atoms with van der Waals surface area (Å²) in [6.45, 7) is 7.98. The van der Waals surface area contributed by atoms with Gasteiger partial charge in [-0.15, -0.1) is 0 Å². The summed E-state index contributed by atoms with van der Waals surface area (Å²) in [5.41, 5.74) is 1.94. The maximum absolute atomic E-state index is 12.3. The molecule has 0 bridgehead atoms. The van der Waals surface area contributed by atoms with Crippen molar-refractivity contribution < 1.29 is 14.3 Å². The number of carbonyl (C=O) groups excluding carboxylic acids is 2.